The number of hydrogen-bond donors (Lipinski definition) is 1. The Hall–Kier alpha value is -2.89. The number of phenols is 1. The number of aromatic hydroxyl groups is 1. The fourth-order valence-electron chi connectivity index (χ4n) is 3.23. The molecule has 1 N–H and O–H groups in total. The molecule has 0 aromatic heterocycles. The number of benzene rings is 2. The van der Waals surface area contributed by atoms with Crippen molar-refractivity contribution in [2.75, 3.05) is 13.6 Å². The normalized spacial score (nSPS) is 16.4. The van der Waals surface area contributed by atoms with E-state index in [1.807, 2.05) is 13.8 Å². The Bertz CT molecular complexity index is 860. The highest BCUT2D eigenvalue weighted by molar-refractivity contribution is 5.98. The van der Waals surface area contributed by atoms with Crippen LogP contribution in [0.4, 0.5) is 0 Å². The molecule has 0 spiro atoms. The lowest BCUT2D eigenvalue weighted by Gasteiger charge is -2.20. The standard InChI is InChI=1S/C20H20O6/c1-11(5-14-7-18-19(8-15(14)21)26-10-25-18)12(2)20(22)13-3-4-16-17(6-13)24-9-23-16/h3-4,6-8,11-12,21H,5,9-10H2,1-2H3/t11-,12-/m1/s1. The maximum atomic E-state index is 12.8. The first-order chi connectivity index (χ1) is 12.5. The Morgan fingerprint density at radius 3 is 2.31 bits per heavy atom. The monoisotopic (exact) mass is 356 g/mol. The van der Waals surface area contributed by atoms with Crippen LogP contribution in [0.3, 0.4) is 0 Å². The van der Waals surface area contributed by atoms with E-state index in [0.717, 1.165) is 5.56 Å². The molecule has 0 aliphatic carbocycles. The molecule has 0 saturated carbocycles. The number of carbonyl (C=O) groups is 1. The average Bonchev–Trinajstić information content (AvgIpc) is 3.28. The first kappa shape index (κ1) is 16.6. The zero-order chi connectivity index (χ0) is 18.3. The fraction of sp³-hybridized carbons (Fsp3) is 0.350. The summed E-state index contributed by atoms with van der Waals surface area (Å²) in [6.07, 6.45) is 0.555. The lowest BCUT2D eigenvalue weighted by molar-refractivity contribution is 0.0892. The maximum absolute atomic E-state index is 12.8. The molecule has 2 aliphatic heterocycles. The number of hydrogen-bond acceptors (Lipinski definition) is 6. The molecule has 26 heavy (non-hydrogen) atoms. The number of carbonyl (C=O) groups excluding carboxylic acids is 1. The van der Waals surface area contributed by atoms with Crippen molar-refractivity contribution < 1.29 is 28.8 Å². The second-order valence-electron chi connectivity index (χ2n) is 6.74. The number of Topliss-reactive ketones (excluding diaryl/α,β-unsaturated/α-hetero) is 1. The van der Waals surface area contributed by atoms with E-state index in [9.17, 15) is 9.90 Å². The van der Waals surface area contributed by atoms with Gasteiger partial charge in [-0.3, -0.25) is 4.79 Å². The molecule has 0 unspecified atom stereocenters. The fourth-order valence-corrected chi connectivity index (χ4v) is 3.23. The second-order valence-corrected chi connectivity index (χ2v) is 6.74. The van der Waals surface area contributed by atoms with Crippen molar-refractivity contribution >= 4 is 5.78 Å². The van der Waals surface area contributed by atoms with Crippen LogP contribution in [0.1, 0.15) is 29.8 Å². The summed E-state index contributed by atoms with van der Waals surface area (Å²) < 4.78 is 21.3. The SMILES string of the molecule is C[C@H](Cc1cc2c(cc1O)OCO2)[C@@H](C)C(=O)c1ccc2c(c1)OCO2. The summed E-state index contributed by atoms with van der Waals surface area (Å²) in [5.41, 5.74) is 1.34. The molecule has 2 atom stereocenters. The number of ether oxygens (including phenoxy) is 4. The molecule has 2 heterocycles. The van der Waals surface area contributed by atoms with Gasteiger partial charge >= 0.3 is 0 Å². The van der Waals surface area contributed by atoms with Crippen LogP contribution in [0.25, 0.3) is 0 Å². The quantitative estimate of drug-likeness (QED) is 0.826. The van der Waals surface area contributed by atoms with Crippen LogP contribution in [0.2, 0.25) is 0 Å². The van der Waals surface area contributed by atoms with Gasteiger partial charge in [-0.15, -0.1) is 0 Å². The van der Waals surface area contributed by atoms with Gasteiger partial charge in [-0.2, -0.15) is 0 Å². The van der Waals surface area contributed by atoms with Crippen LogP contribution >= 0.6 is 0 Å². The van der Waals surface area contributed by atoms with Crippen LogP contribution < -0.4 is 18.9 Å². The van der Waals surface area contributed by atoms with E-state index >= 15 is 0 Å². The molecule has 0 fully saturated rings. The molecular weight excluding hydrogens is 336 g/mol. The van der Waals surface area contributed by atoms with E-state index in [1.54, 1.807) is 30.3 Å². The third-order valence-electron chi connectivity index (χ3n) is 5.04. The van der Waals surface area contributed by atoms with Gasteiger partial charge in [0.15, 0.2) is 28.8 Å². The van der Waals surface area contributed by atoms with Crippen molar-refractivity contribution in [1.82, 2.24) is 0 Å². The van der Waals surface area contributed by atoms with Crippen LogP contribution in [-0.4, -0.2) is 24.5 Å². The molecule has 2 aliphatic rings. The van der Waals surface area contributed by atoms with Gasteiger partial charge in [0.2, 0.25) is 13.6 Å². The molecule has 0 radical (unpaired) electrons. The summed E-state index contributed by atoms with van der Waals surface area (Å²) in [4.78, 5) is 12.8. The van der Waals surface area contributed by atoms with E-state index in [1.165, 1.54) is 0 Å². The van der Waals surface area contributed by atoms with Crippen LogP contribution in [0.5, 0.6) is 28.7 Å². The molecular formula is C20H20O6. The number of rotatable bonds is 5. The second kappa shape index (κ2) is 6.44. The minimum Gasteiger partial charge on any atom is -0.508 e. The zero-order valence-electron chi connectivity index (χ0n) is 14.7. The third-order valence-corrected chi connectivity index (χ3v) is 5.04. The average molecular weight is 356 g/mol. The Kier molecular flexibility index (Phi) is 4.11. The zero-order valence-corrected chi connectivity index (χ0v) is 14.7. The molecule has 0 bridgehead atoms. The smallest absolute Gasteiger partial charge is 0.231 e. The van der Waals surface area contributed by atoms with Gasteiger partial charge in [-0.25, -0.2) is 0 Å². The van der Waals surface area contributed by atoms with Crippen molar-refractivity contribution in [3.05, 3.63) is 41.5 Å². The molecule has 4 rings (SSSR count). The van der Waals surface area contributed by atoms with E-state index in [2.05, 4.69) is 0 Å². The lowest BCUT2D eigenvalue weighted by atomic mass is 9.84. The van der Waals surface area contributed by atoms with Crippen molar-refractivity contribution in [3.8, 4) is 28.7 Å². The maximum Gasteiger partial charge on any atom is 0.231 e. The highest BCUT2D eigenvalue weighted by Crippen LogP contribution is 2.39. The van der Waals surface area contributed by atoms with E-state index in [-0.39, 0.29) is 37.0 Å². The van der Waals surface area contributed by atoms with Gasteiger partial charge < -0.3 is 24.1 Å². The minimum absolute atomic E-state index is 0.0270. The van der Waals surface area contributed by atoms with Gasteiger partial charge in [0.05, 0.1) is 0 Å². The van der Waals surface area contributed by atoms with Crippen LogP contribution in [0.15, 0.2) is 30.3 Å². The molecule has 0 saturated heterocycles. The van der Waals surface area contributed by atoms with E-state index < -0.39 is 0 Å². The molecule has 6 heteroatoms. The highest BCUT2D eigenvalue weighted by atomic mass is 16.7. The van der Waals surface area contributed by atoms with Gasteiger partial charge in [-0.05, 0) is 42.2 Å². The predicted molar refractivity (Wildman–Crippen MR) is 93.2 cm³/mol. The Labute approximate surface area is 151 Å². The first-order valence-electron chi connectivity index (χ1n) is 8.58. The summed E-state index contributed by atoms with van der Waals surface area (Å²) in [6.45, 7) is 4.25. The summed E-state index contributed by atoms with van der Waals surface area (Å²) in [7, 11) is 0. The number of fused-ring (bicyclic) bond motifs is 2. The van der Waals surface area contributed by atoms with Gasteiger partial charge in [-0.1, -0.05) is 13.8 Å². The summed E-state index contributed by atoms with van der Waals surface area (Å²) in [5, 5.41) is 10.2. The van der Waals surface area contributed by atoms with Crippen LogP contribution in [-0.2, 0) is 6.42 Å². The topological polar surface area (TPSA) is 74.2 Å². The van der Waals surface area contributed by atoms with Gasteiger partial charge in [0.1, 0.15) is 5.75 Å². The summed E-state index contributed by atoms with van der Waals surface area (Å²) >= 11 is 0. The Balaban J connectivity index is 1.49. The Morgan fingerprint density at radius 2 is 1.58 bits per heavy atom. The van der Waals surface area contributed by atoms with E-state index in [4.69, 9.17) is 18.9 Å². The largest absolute Gasteiger partial charge is 0.508 e. The molecule has 2 aromatic carbocycles. The highest BCUT2D eigenvalue weighted by Gasteiger charge is 2.26. The van der Waals surface area contributed by atoms with Crippen LogP contribution in [0, 0.1) is 11.8 Å². The molecule has 0 amide bonds. The van der Waals surface area contributed by atoms with Crippen molar-refractivity contribution in [3.63, 3.8) is 0 Å². The molecule has 136 valence electrons. The molecule has 2 aromatic rings. The van der Waals surface area contributed by atoms with Gasteiger partial charge in [0.25, 0.3) is 0 Å². The van der Waals surface area contributed by atoms with Crippen molar-refractivity contribution in [2.24, 2.45) is 11.8 Å². The van der Waals surface area contributed by atoms with Crippen molar-refractivity contribution in [1.29, 1.82) is 0 Å². The number of phenolic OH excluding ortho intramolecular Hbond substituents is 1. The van der Waals surface area contributed by atoms with Gasteiger partial charge in [0, 0.05) is 17.5 Å². The third kappa shape index (κ3) is 2.92. The minimum atomic E-state index is -0.222. The molecule has 6 nitrogen and oxygen atoms in total. The van der Waals surface area contributed by atoms with Crippen molar-refractivity contribution in [2.45, 2.75) is 20.3 Å². The van der Waals surface area contributed by atoms with E-state index in [0.29, 0.717) is 35.0 Å². The number of ketones is 1. The lowest BCUT2D eigenvalue weighted by Crippen LogP contribution is -2.21. The summed E-state index contributed by atoms with van der Waals surface area (Å²) in [6, 6.07) is 8.60. The summed E-state index contributed by atoms with van der Waals surface area (Å²) in [5.74, 6) is 2.43. The predicted octanol–water partition coefficient (Wildman–Crippen LogP) is 3.55. The Morgan fingerprint density at radius 1 is 0.962 bits per heavy atom. The first-order valence-corrected chi connectivity index (χ1v) is 8.58.